The second-order valence-electron chi connectivity index (χ2n) is 5.83. The van der Waals surface area contributed by atoms with Crippen LogP contribution in [0.25, 0.3) is 0 Å². The van der Waals surface area contributed by atoms with E-state index in [1.807, 2.05) is 54.7 Å². The van der Waals surface area contributed by atoms with Crippen molar-refractivity contribution in [1.82, 2.24) is 20.4 Å². The Morgan fingerprint density at radius 3 is 2.76 bits per heavy atom. The van der Waals surface area contributed by atoms with Crippen molar-refractivity contribution in [2.24, 2.45) is 12.0 Å². The van der Waals surface area contributed by atoms with E-state index in [0.29, 0.717) is 25.5 Å². The number of hydrogen-bond acceptors (Lipinski definition) is 3. The molecule has 1 atom stereocenters. The van der Waals surface area contributed by atoms with Crippen LogP contribution in [0.2, 0.25) is 0 Å². The van der Waals surface area contributed by atoms with Crippen molar-refractivity contribution in [2.75, 3.05) is 18.5 Å². The van der Waals surface area contributed by atoms with E-state index in [-0.39, 0.29) is 35.9 Å². The number of rotatable bonds is 4. The minimum absolute atomic E-state index is 0. The smallest absolute Gasteiger partial charge is 0.229 e. The van der Waals surface area contributed by atoms with E-state index in [0.717, 1.165) is 11.3 Å². The number of aliphatic imine (C=N–C) groups is 1. The summed E-state index contributed by atoms with van der Waals surface area (Å²) in [6.07, 6.45) is 4.23. The second kappa shape index (κ2) is 8.84. The van der Waals surface area contributed by atoms with Crippen molar-refractivity contribution >= 4 is 41.5 Å². The van der Waals surface area contributed by atoms with Crippen LogP contribution in [0.5, 0.6) is 0 Å². The topological polar surface area (TPSA) is 74.5 Å². The summed E-state index contributed by atoms with van der Waals surface area (Å²) >= 11 is 0. The first-order valence-corrected chi connectivity index (χ1v) is 7.96. The Kier molecular flexibility index (Phi) is 6.80. The van der Waals surface area contributed by atoms with Gasteiger partial charge in [0.2, 0.25) is 5.91 Å². The number of nitrogens with one attached hydrogen (secondary N) is 2. The molecule has 0 bridgehead atoms. The number of benzene rings is 1. The lowest BCUT2D eigenvalue weighted by molar-refractivity contribution is -0.117. The van der Waals surface area contributed by atoms with E-state index in [1.165, 1.54) is 0 Å². The highest BCUT2D eigenvalue weighted by atomic mass is 127. The van der Waals surface area contributed by atoms with Gasteiger partial charge in [0.25, 0.3) is 0 Å². The second-order valence-corrected chi connectivity index (χ2v) is 5.83. The standard InChI is InChI=1S/C17H22N6O.HI/c1-18-17(19-9-13-10-20-22(2)11-13)21-14-8-16(24)23(12-14)15-6-4-3-5-7-15;/h3-7,10-11,14H,8-9,12H2,1-2H3,(H2,18,19,21);1H. The maximum atomic E-state index is 12.3. The highest BCUT2D eigenvalue weighted by Crippen LogP contribution is 2.20. The van der Waals surface area contributed by atoms with Crippen molar-refractivity contribution in [3.05, 3.63) is 48.3 Å². The molecule has 25 heavy (non-hydrogen) atoms. The average molecular weight is 454 g/mol. The molecule has 1 aromatic heterocycles. The third-order valence-electron chi connectivity index (χ3n) is 3.98. The third-order valence-corrected chi connectivity index (χ3v) is 3.98. The van der Waals surface area contributed by atoms with E-state index in [2.05, 4.69) is 20.7 Å². The summed E-state index contributed by atoms with van der Waals surface area (Å²) in [4.78, 5) is 18.3. The summed E-state index contributed by atoms with van der Waals surface area (Å²) in [6.45, 7) is 1.27. The molecule has 1 unspecified atom stereocenters. The lowest BCUT2D eigenvalue weighted by Gasteiger charge is -2.18. The van der Waals surface area contributed by atoms with Crippen molar-refractivity contribution in [3.8, 4) is 0 Å². The largest absolute Gasteiger partial charge is 0.352 e. The quantitative estimate of drug-likeness (QED) is 0.418. The molecule has 1 aliphatic heterocycles. The van der Waals surface area contributed by atoms with Gasteiger partial charge in [-0.05, 0) is 12.1 Å². The maximum Gasteiger partial charge on any atom is 0.229 e. The zero-order valence-electron chi connectivity index (χ0n) is 14.3. The summed E-state index contributed by atoms with van der Waals surface area (Å²) in [5.74, 6) is 0.813. The molecule has 1 aromatic carbocycles. The van der Waals surface area contributed by atoms with E-state index in [9.17, 15) is 4.79 Å². The number of para-hydroxylation sites is 1. The van der Waals surface area contributed by atoms with Gasteiger partial charge in [-0.3, -0.25) is 14.5 Å². The Morgan fingerprint density at radius 1 is 1.36 bits per heavy atom. The average Bonchev–Trinajstić information content (AvgIpc) is 3.17. The lowest BCUT2D eigenvalue weighted by atomic mass is 10.2. The van der Waals surface area contributed by atoms with E-state index < -0.39 is 0 Å². The number of nitrogens with zero attached hydrogens (tertiary/aromatic N) is 4. The van der Waals surface area contributed by atoms with Gasteiger partial charge in [0, 0.05) is 51.1 Å². The molecule has 134 valence electrons. The predicted molar refractivity (Wildman–Crippen MR) is 109 cm³/mol. The molecule has 7 nitrogen and oxygen atoms in total. The van der Waals surface area contributed by atoms with Gasteiger partial charge < -0.3 is 15.5 Å². The van der Waals surface area contributed by atoms with Crippen LogP contribution in [0, 0.1) is 0 Å². The van der Waals surface area contributed by atoms with E-state index in [4.69, 9.17) is 0 Å². The first kappa shape index (κ1) is 19.2. The first-order valence-electron chi connectivity index (χ1n) is 7.96. The predicted octanol–water partition coefficient (Wildman–Crippen LogP) is 1.51. The summed E-state index contributed by atoms with van der Waals surface area (Å²) in [6, 6.07) is 9.78. The normalized spacial score (nSPS) is 17.4. The van der Waals surface area contributed by atoms with Crippen LogP contribution in [0.4, 0.5) is 5.69 Å². The molecule has 0 saturated carbocycles. The fourth-order valence-electron chi connectivity index (χ4n) is 2.80. The summed E-state index contributed by atoms with van der Waals surface area (Å²) in [5, 5.41) is 10.7. The van der Waals surface area contributed by atoms with Gasteiger partial charge in [-0.2, -0.15) is 5.10 Å². The number of carbonyl (C=O) groups is 1. The fraction of sp³-hybridized carbons (Fsp3) is 0.353. The van der Waals surface area contributed by atoms with Crippen LogP contribution in [-0.4, -0.2) is 41.3 Å². The Hall–Kier alpha value is -2.10. The zero-order chi connectivity index (χ0) is 16.9. The third kappa shape index (κ3) is 4.94. The Balaban J connectivity index is 0.00000225. The Bertz CT molecular complexity index is 730. The molecule has 0 aliphatic carbocycles. The number of hydrogen-bond donors (Lipinski definition) is 2. The van der Waals surface area contributed by atoms with Gasteiger partial charge in [0.15, 0.2) is 5.96 Å². The van der Waals surface area contributed by atoms with Crippen molar-refractivity contribution < 1.29 is 4.79 Å². The molecule has 3 rings (SSSR count). The van der Waals surface area contributed by atoms with Crippen LogP contribution in [0.1, 0.15) is 12.0 Å². The molecule has 1 amide bonds. The summed E-state index contributed by atoms with van der Waals surface area (Å²) in [7, 11) is 3.61. The number of carbonyl (C=O) groups excluding carboxylic acids is 1. The van der Waals surface area contributed by atoms with Crippen LogP contribution < -0.4 is 15.5 Å². The monoisotopic (exact) mass is 454 g/mol. The molecule has 1 aliphatic rings. The van der Waals surface area contributed by atoms with Crippen molar-refractivity contribution in [2.45, 2.75) is 19.0 Å². The van der Waals surface area contributed by atoms with Crippen molar-refractivity contribution in [3.63, 3.8) is 0 Å². The molecule has 2 aromatic rings. The van der Waals surface area contributed by atoms with Gasteiger partial charge in [-0.15, -0.1) is 24.0 Å². The van der Waals surface area contributed by atoms with E-state index >= 15 is 0 Å². The molecule has 1 saturated heterocycles. The van der Waals surface area contributed by atoms with Gasteiger partial charge >= 0.3 is 0 Å². The highest BCUT2D eigenvalue weighted by Gasteiger charge is 2.30. The molecule has 2 N–H and O–H groups in total. The highest BCUT2D eigenvalue weighted by molar-refractivity contribution is 14.0. The molecule has 0 radical (unpaired) electrons. The number of guanidine groups is 1. The molecule has 0 spiro atoms. The summed E-state index contributed by atoms with van der Waals surface area (Å²) < 4.78 is 1.76. The molecular weight excluding hydrogens is 431 g/mol. The number of anilines is 1. The summed E-state index contributed by atoms with van der Waals surface area (Å²) in [5.41, 5.74) is 2.01. The molecule has 2 heterocycles. The van der Waals surface area contributed by atoms with Crippen LogP contribution in [0.15, 0.2) is 47.7 Å². The van der Waals surface area contributed by atoms with Crippen LogP contribution in [-0.2, 0) is 18.4 Å². The fourth-order valence-corrected chi connectivity index (χ4v) is 2.80. The molecule has 1 fully saturated rings. The van der Waals surface area contributed by atoms with Crippen molar-refractivity contribution in [1.29, 1.82) is 0 Å². The molecule has 8 heteroatoms. The van der Waals surface area contributed by atoms with E-state index in [1.54, 1.807) is 11.7 Å². The molecular formula is C17H23IN6O. The van der Waals surface area contributed by atoms with Gasteiger partial charge in [0.05, 0.1) is 12.2 Å². The first-order chi connectivity index (χ1) is 11.7. The van der Waals surface area contributed by atoms with Gasteiger partial charge in [-0.1, -0.05) is 18.2 Å². The number of amides is 1. The Morgan fingerprint density at radius 2 is 2.12 bits per heavy atom. The number of halogens is 1. The lowest BCUT2D eigenvalue weighted by Crippen LogP contribution is -2.44. The van der Waals surface area contributed by atoms with Crippen LogP contribution in [0.3, 0.4) is 0 Å². The van der Waals surface area contributed by atoms with Gasteiger partial charge in [0.1, 0.15) is 0 Å². The maximum absolute atomic E-state index is 12.3. The zero-order valence-corrected chi connectivity index (χ0v) is 16.7. The Labute approximate surface area is 164 Å². The minimum Gasteiger partial charge on any atom is -0.352 e. The number of aromatic nitrogens is 2. The van der Waals surface area contributed by atoms with Crippen LogP contribution >= 0.6 is 24.0 Å². The minimum atomic E-state index is 0. The SMILES string of the molecule is CN=C(NCc1cnn(C)c1)NC1CC(=O)N(c2ccccc2)C1.I. The van der Waals surface area contributed by atoms with Gasteiger partial charge in [-0.25, -0.2) is 0 Å². The number of aryl methyl sites for hydroxylation is 1.